The van der Waals surface area contributed by atoms with Gasteiger partial charge in [-0.15, -0.1) is 33.5 Å². The molecule has 1 saturated heterocycles. The molecule has 11 heteroatoms. The maximum absolute atomic E-state index is 14.3. The summed E-state index contributed by atoms with van der Waals surface area (Å²) in [6.45, 7) is 22.6. The van der Waals surface area contributed by atoms with Crippen LogP contribution >= 0.6 is 0 Å². The SMILES string of the molecule is C=Cc1c2[n-]c(c1C)/C=C1\[N-]/C(=C3\c4[n-]c(c(C)c4C(=O)[C@@H]3C(=O)OC)/C=c3\[n-]/c(c(C)c3CC)=C\2)[C@@H](CCC(=O)OC/C(O)=C(\C)CCC[C@H](C)CCCC(C)C)[C@@H]1C.[Mg+2]. The van der Waals surface area contributed by atoms with Crippen LogP contribution < -0.4 is 25.7 Å². The molecule has 6 rings (SSSR count). The first kappa shape index (κ1) is 47.6. The number of carbonyl (C=O) groups excluding carboxylic acids is 3. The van der Waals surface area contributed by atoms with Gasteiger partial charge in [0.25, 0.3) is 0 Å². The molecular weight excluding hydrogens is 777 g/mol. The minimum Gasteiger partial charge on any atom is -0.664 e. The molecule has 0 spiro atoms. The fourth-order valence-corrected chi connectivity index (χ4v) is 9.15. The van der Waals surface area contributed by atoms with Crippen LogP contribution in [0.1, 0.15) is 154 Å². The second-order valence-electron chi connectivity index (χ2n) is 17.5. The number of ether oxygens (including phenoxy) is 2. The van der Waals surface area contributed by atoms with Crippen LogP contribution in [0.3, 0.4) is 0 Å². The van der Waals surface area contributed by atoms with Crippen LogP contribution in [0.15, 0.2) is 29.3 Å². The average Bonchev–Trinajstić information content (AvgIpc) is 3.95. The molecule has 3 aromatic heterocycles. The number of rotatable bonds is 16. The Morgan fingerprint density at radius 1 is 0.918 bits per heavy atom. The van der Waals surface area contributed by atoms with E-state index in [0.717, 1.165) is 81.5 Å². The van der Waals surface area contributed by atoms with E-state index in [2.05, 4.69) is 41.2 Å². The second-order valence-corrected chi connectivity index (χ2v) is 17.5. The number of methoxy groups -OCH3 is 1. The Kier molecular flexibility index (Phi) is 15.7. The summed E-state index contributed by atoms with van der Waals surface area (Å²) in [5, 5.41) is 17.6. The van der Waals surface area contributed by atoms with Crippen molar-refractivity contribution in [2.75, 3.05) is 13.7 Å². The van der Waals surface area contributed by atoms with Gasteiger partial charge in [0.2, 0.25) is 0 Å². The zero-order valence-corrected chi connectivity index (χ0v) is 39.4. The molecule has 10 nitrogen and oxygen atoms in total. The number of aliphatic hydroxyl groups excluding tert-OH is 1. The molecule has 1 fully saturated rings. The summed E-state index contributed by atoms with van der Waals surface area (Å²) in [5.41, 5.74) is 9.93. The van der Waals surface area contributed by atoms with Crippen LogP contribution in [-0.4, -0.2) is 59.6 Å². The molecule has 322 valence electrons. The van der Waals surface area contributed by atoms with Crippen LogP contribution in [0, 0.1) is 50.4 Å². The third kappa shape index (κ3) is 9.78. The third-order valence-electron chi connectivity index (χ3n) is 13.0. The van der Waals surface area contributed by atoms with E-state index >= 15 is 0 Å². The quantitative estimate of drug-likeness (QED) is 0.0650. The molecule has 0 unspecified atom stereocenters. The van der Waals surface area contributed by atoms with Crippen molar-refractivity contribution in [3.05, 3.63) is 101 Å². The van der Waals surface area contributed by atoms with Gasteiger partial charge in [0.1, 0.15) is 18.3 Å². The number of esters is 2. The van der Waals surface area contributed by atoms with Gasteiger partial charge in [-0.1, -0.05) is 119 Å². The number of ketones is 1. The number of carbonyl (C=O) groups is 3. The van der Waals surface area contributed by atoms with Gasteiger partial charge in [0.15, 0.2) is 5.78 Å². The van der Waals surface area contributed by atoms with Crippen molar-refractivity contribution in [3.8, 4) is 0 Å². The van der Waals surface area contributed by atoms with E-state index in [9.17, 15) is 19.5 Å². The van der Waals surface area contributed by atoms with Crippen LogP contribution in [0.2, 0.25) is 0 Å². The van der Waals surface area contributed by atoms with E-state index in [-0.39, 0.29) is 59.5 Å². The number of Topliss-reactive ketones (excluding diaryl/α,β-unsaturated/α-hetero) is 1. The Hall–Kier alpha value is -4.48. The predicted octanol–water partition coefficient (Wildman–Crippen LogP) is 8.44. The normalized spacial score (nSPS) is 21.9. The van der Waals surface area contributed by atoms with Gasteiger partial charge < -0.3 is 34.8 Å². The molecule has 61 heavy (non-hydrogen) atoms. The van der Waals surface area contributed by atoms with Crippen molar-refractivity contribution in [1.82, 2.24) is 15.0 Å². The van der Waals surface area contributed by atoms with Gasteiger partial charge in [0, 0.05) is 12.0 Å². The topological polar surface area (TPSA) is 146 Å². The largest absolute Gasteiger partial charge is 2.00 e. The van der Waals surface area contributed by atoms with Gasteiger partial charge in [-0.25, -0.2) is 0 Å². The Morgan fingerprint density at radius 2 is 1.61 bits per heavy atom. The standard InChI is InChI=1S/C50H63N4O6.Mg/c1-12-33-29(7)36-22-38-31(9)35(20-21-43(56)60-25-42(55)28(6)19-15-18-27(5)17-14-16-26(3)4)47(53-38)45-46(50(58)59-11)49(57)44-32(10)39(54-48(44)45)24-41-34(13-2)30(8)37(52-41)23-40(33)51-36;/h12,22-24,26-27,31,35,46H,1,13-21,25H2,2-11H3,(H2-,53,54,55,57);/q-3;+2/p-1/b37-23-,38-22-,41-24-,42-28-;/t27-,31+,35+,46-;/m1./s1. The van der Waals surface area contributed by atoms with E-state index in [4.69, 9.17) is 29.7 Å². The van der Waals surface area contributed by atoms with Crippen LogP contribution in [0.4, 0.5) is 0 Å². The van der Waals surface area contributed by atoms with Gasteiger partial charge in [-0.3, -0.25) is 14.4 Å². The second kappa shape index (κ2) is 20.1. The number of nitrogens with zero attached hydrogens (tertiary/aromatic N) is 4. The molecule has 8 bridgehead atoms. The van der Waals surface area contributed by atoms with Crippen molar-refractivity contribution in [2.45, 2.75) is 120 Å². The van der Waals surface area contributed by atoms with E-state index in [0.29, 0.717) is 51.8 Å². The fourth-order valence-electron chi connectivity index (χ4n) is 9.15. The molecule has 3 aromatic rings. The van der Waals surface area contributed by atoms with Crippen LogP contribution in [0.25, 0.3) is 35.2 Å². The van der Waals surface area contributed by atoms with Crippen LogP contribution in [-0.2, 0) is 25.5 Å². The van der Waals surface area contributed by atoms with Gasteiger partial charge in [-0.2, -0.15) is 11.4 Å². The summed E-state index contributed by atoms with van der Waals surface area (Å²) in [5.74, 6) is -1.96. The first-order valence-electron chi connectivity index (χ1n) is 21.7. The smallest absolute Gasteiger partial charge is 0.664 e. The van der Waals surface area contributed by atoms with E-state index in [1.807, 2.05) is 52.0 Å². The summed E-state index contributed by atoms with van der Waals surface area (Å²) >= 11 is 0. The fraction of sp³-hybridized carbons (Fsp3) is 0.500. The third-order valence-corrected chi connectivity index (χ3v) is 13.0. The Bertz CT molecular complexity index is 2400. The minimum atomic E-state index is -1.25. The first-order chi connectivity index (χ1) is 28.6. The molecule has 0 radical (unpaired) electrons. The number of aromatic nitrogens is 3. The monoisotopic (exact) mass is 838 g/mol. The van der Waals surface area contributed by atoms with E-state index in [1.54, 1.807) is 0 Å². The molecular formula is C50H62MgN4O6-2. The molecule has 3 aliphatic rings. The van der Waals surface area contributed by atoms with E-state index in [1.165, 1.54) is 26.4 Å². The predicted molar refractivity (Wildman–Crippen MR) is 243 cm³/mol. The van der Waals surface area contributed by atoms with Crippen molar-refractivity contribution in [2.24, 2.45) is 29.6 Å². The zero-order valence-electron chi connectivity index (χ0n) is 38.0. The summed E-state index contributed by atoms with van der Waals surface area (Å²) in [4.78, 5) is 56.4. The molecule has 1 N–H and O–H groups in total. The maximum Gasteiger partial charge on any atom is 2.00 e. The average molecular weight is 839 g/mol. The van der Waals surface area contributed by atoms with E-state index < -0.39 is 17.9 Å². The molecule has 2 aliphatic heterocycles. The Morgan fingerprint density at radius 3 is 2.28 bits per heavy atom. The van der Waals surface area contributed by atoms with Crippen molar-refractivity contribution in [3.63, 3.8) is 0 Å². The number of allylic oxidation sites excluding steroid dienone is 3. The molecule has 5 heterocycles. The van der Waals surface area contributed by atoms with Crippen molar-refractivity contribution in [1.29, 1.82) is 0 Å². The van der Waals surface area contributed by atoms with Crippen LogP contribution in [0.5, 0.6) is 0 Å². The number of hydrogen-bond donors (Lipinski definition) is 1. The molecule has 0 saturated carbocycles. The molecule has 1 aliphatic carbocycles. The molecule has 0 amide bonds. The Balaban J connectivity index is 0.00000704. The van der Waals surface area contributed by atoms with Crippen molar-refractivity contribution >= 4 is 70.7 Å². The maximum atomic E-state index is 14.3. The van der Waals surface area contributed by atoms with Gasteiger partial charge in [-0.05, 0) is 88.2 Å². The van der Waals surface area contributed by atoms with Gasteiger partial charge in [0.05, 0.1) is 7.11 Å². The Labute approximate surface area is 377 Å². The number of aliphatic hydroxyl groups is 1. The summed E-state index contributed by atoms with van der Waals surface area (Å²) in [6, 6.07) is 0. The first-order valence-corrected chi connectivity index (χ1v) is 21.7. The summed E-state index contributed by atoms with van der Waals surface area (Å²) in [7, 11) is 1.27. The molecule has 4 atom stereocenters. The minimum absolute atomic E-state index is 0. The molecule has 0 aromatic carbocycles. The van der Waals surface area contributed by atoms with Crippen molar-refractivity contribution < 1.29 is 29.0 Å². The number of hydrogen-bond acceptors (Lipinski definition) is 6. The summed E-state index contributed by atoms with van der Waals surface area (Å²) in [6.07, 6.45) is 15.3. The number of fused-ring (bicyclic) bond motifs is 7. The zero-order chi connectivity index (χ0) is 43.6. The van der Waals surface area contributed by atoms with Gasteiger partial charge >= 0.3 is 35.0 Å². The summed E-state index contributed by atoms with van der Waals surface area (Å²) < 4.78 is 10.9.